The summed E-state index contributed by atoms with van der Waals surface area (Å²) in [5.41, 5.74) is 0.870. The van der Waals surface area contributed by atoms with Crippen molar-refractivity contribution >= 4 is 0 Å². The van der Waals surface area contributed by atoms with E-state index in [1.54, 1.807) is 12.1 Å². The van der Waals surface area contributed by atoms with Gasteiger partial charge in [-0.25, -0.2) is 4.39 Å². The molecule has 0 amide bonds. The monoisotopic (exact) mass is 289 g/mol. The fourth-order valence-corrected chi connectivity index (χ4v) is 4.55. The van der Waals surface area contributed by atoms with Gasteiger partial charge in [0.25, 0.3) is 0 Å². The van der Waals surface area contributed by atoms with Gasteiger partial charge < -0.3 is 5.32 Å². The van der Waals surface area contributed by atoms with E-state index in [9.17, 15) is 4.39 Å². The Bertz CT molecular complexity index is 459. The Kier molecular flexibility index (Phi) is 4.95. The smallest absolute Gasteiger partial charge is 0.126 e. The Balaban J connectivity index is 1.62. The van der Waals surface area contributed by atoms with Gasteiger partial charge in [0.15, 0.2) is 0 Å². The van der Waals surface area contributed by atoms with Gasteiger partial charge in [-0.1, -0.05) is 31.5 Å². The second-order valence-electron chi connectivity index (χ2n) is 7.12. The molecule has 0 aromatic heterocycles. The van der Waals surface area contributed by atoms with E-state index >= 15 is 0 Å². The normalized spacial score (nSPS) is 29.0. The lowest BCUT2D eigenvalue weighted by molar-refractivity contribution is 0.276. The van der Waals surface area contributed by atoms with Crippen molar-refractivity contribution in [3.05, 3.63) is 35.6 Å². The minimum atomic E-state index is -0.0475. The Morgan fingerprint density at radius 1 is 1.24 bits per heavy atom. The molecule has 2 aliphatic rings. The van der Waals surface area contributed by atoms with Gasteiger partial charge in [-0.05, 0) is 74.5 Å². The van der Waals surface area contributed by atoms with Crippen LogP contribution in [0.5, 0.6) is 0 Å². The predicted molar refractivity (Wildman–Crippen MR) is 85.7 cm³/mol. The minimum Gasteiger partial charge on any atom is -0.314 e. The minimum absolute atomic E-state index is 0.0475. The molecule has 1 N–H and O–H groups in total. The van der Waals surface area contributed by atoms with Crippen molar-refractivity contribution in [2.45, 2.75) is 57.9 Å². The molecular formula is C19H28FN. The SMILES string of the molecule is CCCNC(Cc1ccccc1F)CC1CC2CCC1C2. The zero-order chi connectivity index (χ0) is 14.7. The molecule has 0 spiro atoms. The van der Waals surface area contributed by atoms with Gasteiger partial charge in [-0.2, -0.15) is 0 Å². The molecule has 0 radical (unpaired) electrons. The van der Waals surface area contributed by atoms with E-state index in [-0.39, 0.29) is 5.82 Å². The van der Waals surface area contributed by atoms with Crippen molar-refractivity contribution in [2.24, 2.45) is 17.8 Å². The summed E-state index contributed by atoms with van der Waals surface area (Å²) in [4.78, 5) is 0. The highest BCUT2D eigenvalue weighted by Gasteiger charge is 2.40. The zero-order valence-corrected chi connectivity index (χ0v) is 13.2. The average molecular weight is 289 g/mol. The molecule has 0 heterocycles. The maximum Gasteiger partial charge on any atom is 0.126 e. The van der Waals surface area contributed by atoms with Crippen molar-refractivity contribution in [3.63, 3.8) is 0 Å². The van der Waals surface area contributed by atoms with E-state index < -0.39 is 0 Å². The van der Waals surface area contributed by atoms with E-state index in [2.05, 4.69) is 12.2 Å². The first kappa shape index (κ1) is 15.0. The summed E-state index contributed by atoms with van der Waals surface area (Å²) < 4.78 is 13.9. The number of hydrogen-bond donors (Lipinski definition) is 1. The molecule has 2 heteroatoms. The van der Waals surface area contributed by atoms with Crippen molar-refractivity contribution in [1.29, 1.82) is 0 Å². The van der Waals surface area contributed by atoms with Crippen LogP contribution in [0.3, 0.4) is 0 Å². The first-order valence-corrected chi connectivity index (χ1v) is 8.73. The molecule has 4 unspecified atom stereocenters. The van der Waals surface area contributed by atoms with Crippen molar-refractivity contribution in [3.8, 4) is 0 Å². The summed E-state index contributed by atoms with van der Waals surface area (Å²) in [6, 6.07) is 7.70. The second kappa shape index (κ2) is 6.91. The lowest BCUT2D eigenvalue weighted by Gasteiger charge is -2.27. The van der Waals surface area contributed by atoms with Crippen LogP contribution in [0.15, 0.2) is 24.3 Å². The van der Waals surface area contributed by atoms with Crippen LogP contribution < -0.4 is 5.32 Å². The van der Waals surface area contributed by atoms with Gasteiger partial charge in [0.2, 0.25) is 0 Å². The molecule has 2 aliphatic carbocycles. The molecule has 4 atom stereocenters. The topological polar surface area (TPSA) is 12.0 Å². The molecule has 21 heavy (non-hydrogen) atoms. The summed E-state index contributed by atoms with van der Waals surface area (Å²) >= 11 is 0. The van der Waals surface area contributed by atoms with Crippen LogP contribution in [-0.2, 0) is 6.42 Å². The summed E-state index contributed by atoms with van der Waals surface area (Å²) in [7, 11) is 0. The summed E-state index contributed by atoms with van der Waals surface area (Å²) in [5.74, 6) is 2.79. The van der Waals surface area contributed by atoms with Crippen LogP contribution in [0.25, 0.3) is 0 Å². The van der Waals surface area contributed by atoms with E-state index in [4.69, 9.17) is 0 Å². The molecule has 2 saturated carbocycles. The first-order valence-electron chi connectivity index (χ1n) is 8.73. The van der Waals surface area contributed by atoms with Crippen LogP contribution in [0.4, 0.5) is 4.39 Å². The third-order valence-corrected chi connectivity index (χ3v) is 5.58. The number of nitrogens with one attached hydrogen (secondary N) is 1. The standard InChI is InChI=1S/C19H28FN/c1-2-9-21-18(12-16-5-3-4-6-19(16)20)13-17-11-14-7-8-15(17)10-14/h3-6,14-15,17-18,21H,2,7-13H2,1H3. The predicted octanol–water partition coefficient (Wildman–Crippen LogP) is 4.56. The lowest BCUT2D eigenvalue weighted by Crippen LogP contribution is -2.35. The Labute approximate surface area is 128 Å². The Hall–Kier alpha value is -0.890. The van der Waals surface area contributed by atoms with E-state index in [1.165, 1.54) is 32.1 Å². The third kappa shape index (κ3) is 3.66. The molecule has 2 bridgehead atoms. The van der Waals surface area contributed by atoms with Gasteiger partial charge in [0.1, 0.15) is 5.82 Å². The summed E-state index contributed by atoms with van der Waals surface area (Å²) in [5, 5.41) is 3.66. The van der Waals surface area contributed by atoms with E-state index in [0.29, 0.717) is 6.04 Å². The fourth-order valence-electron chi connectivity index (χ4n) is 4.55. The third-order valence-electron chi connectivity index (χ3n) is 5.58. The summed E-state index contributed by atoms with van der Waals surface area (Å²) in [6.07, 6.45) is 8.99. The molecule has 1 aromatic carbocycles. The molecule has 1 aromatic rings. The van der Waals surface area contributed by atoms with Crippen LogP contribution in [0.2, 0.25) is 0 Å². The lowest BCUT2D eigenvalue weighted by atomic mass is 9.83. The van der Waals surface area contributed by atoms with Gasteiger partial charge in [0.05, 0.1) is 0 Å². The first-order chi connectivity index (χ1) is 10.3. The maximum atomic E-state index is 13.9. The van der Waals surface area contributed by atoms with Crippen LogP contribution in [-0.4, -0.2) is 12.6 Å². The van der Waals surface area contributed by atoms with E-state index in [1.807, 2.05) is 12.1 Å². The molecule has 0 aliphatic heterocycles. The fraction of sp³-hybridized carbons (Fsp3) is 0.684. The number of benzene rings is 1. The van der Waals surface area contributed by atoms with Gasteiger partial charge in [-0.3, -0.25) is 0 Å². The molecule has 1 nitrogen and oxygen atoms in total. The number of halogens is 1. The number of rotatable bonds is 7. The Morgan fingerprint density at radius 3 is 2.76 bits per heavy atom. The van der Waals surface area contributed by atoms with Gasteiger partial charge >= 0.3 is 0 Å². The van der Waals surface area contributed by atoms with E-state index in [0.717, 1.165) is 42.7 Å². The molecule has 3 rings (SSSR count). The van der Waals surface area contributed by atoms with Crippen molar-refractivity contribution in [1.82, 2.24) is 5.32 Å². The Morgan fingerprint density at radius 2 is 2.10 bits per heavy atom. The zero-order valence-electron chi connectivity index (χ0n) is 13.2. The highest BCUT2D eigenvalue weighted by molar-refractivity contribution is 5.18. The highest BCUT2D eigenvalue weighted by atomic mass is 19.1. The average Bonchev–Trinajstić information content (AvgIpc) is 3.09. The van der Waals surface area contributed by atoms with Gasteiger partial charge in [-0.15, -0.1) is 0 Å². The molecular weight excluding hydrogens is 261 g/mol. The van der Waals surface area contributed by atoms with Crippen molar-refractivity contribution < 1.29 is 4.39 Å². The van der Waals surface area contributed by atoms with Crippen LogP contribution in [0, 0.1) is 23.6 Å². The van der Waals surface area contributed by atoms with Crippen molar-refractivity contribution in [2.75, 3.05) is 6.54 Å². The highest BCUT2D eigenvalue weighted by Crippen LogP contribution is 2.50. The summed E-state index contributed by atoms with van der Waals surface area (Å²) in [6.45, 7) is 3.24. The maximum absolute atomic E-state index is 13.9. The molecule has 2 fully saturated rings. The number of fused-ring (bicyclic) bond motifs is 2. The van der Waals surface area contributed by atoms with Crippen LogP contribution in [0.1, 0.15) is 51.0 Å². The second-order valence-corrected chi connectivity index (χ2v) is 7.12. The van der Waals surface area contributed by atoms with Crippen LogP contribution >= 0.6 is 0 Å². The molecule has 0 saturated heterocycles. The number of hydrogen-bond acceptors (Lipinski definition) is 1. The van der Waals surface area contributed by atoms with Gasteiger partial charge in [0, 0.05) is 6.04 Å². The largest absolute Gasteiger partial charge is 0.314 e. The molecule has 116 valence electrons. The quantitative estimate of drug-likeness (QED) is 0.775.